The van der Waals surface area contributed by atoms with Crippen LogP contribution in [0.25, 0.3) is 50.1 Å². The van der Waals surface area contributed by atoms with E-state index in [2.05, 4.69) is 10.3 Å². The molecule has 44 heavy (non-hydrogen) atoms. The summed E-state index contributed by atoms with van der Waals surface area (Å²) in [5.74, 6) is -3.40. The molecule has 224 valence electrons. The second kappa shape index (κ2) is 10.5. The molecular formula is C31H22F4N4O4S. The number of halogens is 4. The Labute approximate surface area is 248 Å². The maximum Gasteiger partial charge on any atom is 0.255 e. The summed E-state index contributed by atoms with van der Waals surface area (Å²) in [5.41, 5.74) is 1.17. The van der Waals surface area contributed by atoms with Crippen LogP contribution in [0, 0.1) is 23.3 Å². The maximum atomic E-state index is 15.6. The van der Waals surface area contributed by atoms with Crippen LogP contribution in [-0.2, 0) is 10.0 Å². The van der Waals surface area contributed by atoms with Gasteiger partial charge in [0, 0.05) is 42.7 Å². The van der Waals surface area contributed by atoms with Gasteiger partial charge in [0.15, 0.2) is 5.82 Å². The lowest BCUT2D eigenvalue weighted by atomic mass is 9.98. The number of fused-ring (bicyclic) bond motifs is 2. The number of furan rings is 1. The van der Waals surface area contributed by atoms with E-state index in [0.717, 1.165) is 28.8 Å². The highest BCUT2D eigenvalue weighted by molar-refractivity contribution is 7.92. The van der Waals surface area contributed by atoms with Crippen molar-refractivity contribution in [3.63, 3.8) is 0 Å². The third kappa shape index (κ3) is 4.94. The first kappa shape index (κ1) is 28.9. The van der Waals surface area contributed by atoms with Crippen LogP contribution in [0.1, 0.15) is 10.4 Å². The van der Waals surface area contributed by atoms with Crippen molar-refractivity contribution in [3.05, 3.63) is 102 Å². The van der Waals surface area contributed by atoms with Gasteiger partial charge in [-0.15, -0.1) is 0 Å². The minimum Gasteiger partial charge on any atom is -0.455 e. The summed E-state index contributed by atoms with van der Waals surface area (Å²) in [6.45, 7) is 0. The Morgan fingerprint density at radius 1 is 0.909 bits per heavy atom. The predicted octanol–water partition coefficient (Wildman–Crippen LogP) is 6.42. The molecule has 6 aromatic rings. The van der Waals surface area contributed by atoms with Crippen molar-refractivity contribution in [2.45, 2.75) is 0 Å². The van der Waals surface area contributed by atoms with E-state index >= 15 is 4.39 Å². The fourth-order valence-electron chi connectivity index (χ4n) is 5.07. The summed E-state index contributed by atoms with van der Waals surface area (Å²) in [6, 6.07) is 13.6. The summed E-state index contributed by atoms with van der Waals surface area (Å²) >= 11 is 0. The molecule has 0 saturated carbocycles. The number of nitrogens with one attached hydrogen (secondary N) is 1. The molecule has 0 aliphatic carbocycles. The van der Waals surface area contributed by atoms with Crippen LogP contribution in [0.3, 0.4) is 0 Å². The van der Waals surface area contributed by atoms with E-state index in [9.17, 15) is 26.4 Å². The highest BCUT2D eigenvalue weighted by Gasteiger charge is 2.26. The van der Waals surface area contributed by atoms with Gasteiger partial charge < -0.3 is 9.73 Å². The summed E-state index contributed by atoms with van der Waals surface area (Å²) in [6.07, 6.45) is 2.20. The first-order valence-electron chi connectivity index (χ1n) is 13.0. The van der Waals surface area contributed by atoms with Gasteiger partial charge in [-0.25, -0.2) is 31.0 Å². The van der Waals surface area contributed by atoms with Gasteiger partial charge in [0.1, 0.15) is 40.6 Å². The van der Waals surface area contributed by atoms with Crippen LogP contribution < -0.4 is 9.62 Å². The van der Waals surface area contributed by atoms with Gasteiger partial charge in [-0.3, -0.25) is 13.7 Å². The smallest absolute Gasteiger partial charge is 0.255 e. The Morgan fingerprint density at radius 2 is 1.59 bits per heavy atom. The Morgan fingerprint density at radius 3 is 2.23 bits per heavy atom. The number of aromatic nitrogens is 2. The maximum absolute atomic E-state index is 15.6. The zero-order chi connectivity index (χ0) is 31.5. The second-order valence-corrected chi connectivity index (χ2v) is 12.1. The molecule has 2 heterocycles. The van der Waals surface area contributed by atoms with E-state index in [1.54, 1.807) is 0 Å². The van der Waals surface area contributed by atoms with Crippen LogP contribution in [-0.4, -0.2) is 44.2 Å². The molecule has 0 aliphatic heterocycles. The summed E-state index contributed by atoms with van der Waals surface area (Å²) in [5, 5.41) is 2.82. The number of hydrogen-bond acceptors (Lipinski definition) is 5. The molecule has 0 saturated heterocycles. The van der Waals surface area contributed by atoms with Gasteiger partial charge in [0.2, 0.25) is 10.0 Å². The zero-order valence-corrected chi connectivity index (χ0v) is 24.1. The number of amides is 1. The predicted molar refractivity (Wildman–Crippen MR) is 158 cm³/mol. The van der Waals surface area contributed by atoms with Gasteiger partial charge in [-0.1, -0.05) is 0 Å². The molecule has 0 bridgehead atoms. The normalized spacial score (nSPS) is 11.8. The fraction of sp³-hybridized carbons (Fsp3) is 0.0968. The number of carbonyl (C=O) groups excluding carboxylic acids is 1. The largest absolute Gasteiger partial charge is 0.455 e. The molecule has 0 atom stereocenters. The van der Waals surface area contributed by atoms with Gasteiger partial charge in [0.25, 0.3) is 5.91 Å². The minimum atomic E-state index is -3.86. The van der Waals surface area contributed by atoms with E-state index in [0.29, 0.717) is 11.6 Å². The number of benzene rings is 4. The SMILES string of the molecule is CNC(=O)c1c(-c2ccc(F)cc2)oc2cc(N(C)S(C)(=O)=O)c(-c3cc(F)c4ncn(-c5cc(F)cc(F)c5)c4c3)cc12. The molecule has 0 aliphatic rings. The van der Waals surface area contributed by atoms with Crippen molar-refractivity contribution >= 4 is 43.6 Å². The van der Waals surface area contributed by atoms with Crippen LogP contribution in [0.5, 0.6) is 0 Å². The van der Waals surface area contributed by atoms with Crippen molar-refractivity contribution in [2.24, 2.45) is 0 Å². The van der Waals surface area contributed by atoms with E-state index in [1.165, 1.54) is 67.5 Å². The lowest BCUT2D eigenvalue weighted by Gasteiger charge is -2.21. The Balaban J connectivity index is 1.67. The van der Waals surface area contributed by atoms with Crippen molar-refractivity contribution in [2.75, 3.05) is 24.7 Å². The molecule has 2 aromatic heterocycles. The van der Waals surface area contributed by atoms with E-state index in [4.69, 9.17) is 4.42 Å². The highest BCUT2D eigenvalue weighted by atomic mass is 32.2. The lowest BCUT2D eigenvalue weighted by Crippen LogP contribution is -2.25. The van der Waals surface area contributed by atoms with Crippen LogP contribution in [0.2, 0.25) is 0 Å². The average Bonchev–Trinajstić information content (AvgIpc) is 3.57. The number of hydrogen-bond donors (Lipinski definition) is 1. The molecule has 0 spiro atoms. The molecular weight excluding hydrogens is 600 g/mol. The van der Waals surface area contributed by atoms with Crippen molar-refractivity contribution in [3.8, 4) is 28.1 Å². The number of nitrogens with zero attached hydrogens (tertiary/aromatic N) is 3. The fourth-order valence-corrected chi connectivity index (χ4v) is 5.58. The van der Waals surface area contributed by atoms with Crippen LogP contribution in [0.15, 0.2) is 77.5 Å². The van der Waals surface area contributed by atoms with E-state index in [-0.39, 0.29) is 55.8 Å². The van der Waals surface area contributed by atoms with Crippen LogP contribution in [0.4, 0.5) is 23.2 Å². The first-order chi connectivity index (χ1) is 20.8. The standard InChI is InChI=1S/C31H22F4N4O4S/c1-36-31(40)28-23-13-22(17-8-24(35)29-26(9-17)39(15-37-29)21-11-19(33)10-20(34)12-21)25(38(2)44(3,41)42)14-27(23)43-30(28)16-4-6-18(32)7-5-16/h4-15H,1-3H3,(H,36,40). The number of imidazole rings is 1. The Kier molecular flexibility index (Phi) is 6.92. The topological polar surface area (TPSA) is 97.4 Å². The molecule has 6 rings (SSSR count). The summed E-state index contributed by atoms with van der Waals surface area (Å²) in [4.78, 5) is 17.2. The molecule has 1 amide bonds. The number of anilines is 1. The van der Waals surface area contributed by atoms with E-state index in [1.807, 2.05) is 0 Å². The third-order valence-electron chi connectivity index (χ3n) is 7.25. The Hall–Kier alpha value is -5.17. The molecule has 8 nitrogen and oxygen atoms in total. The molecule has 1 N–H and O–H groups in total. The van der Waals surface area contributed by atoms with Crippen molar-refractivity contribution in [1.82, 2.24) is 14.9 Å². The van der Waals surface area contributed by atoms with Gasteiger partial charge in [0.05, 0.1) is 28.7 Å². The first-order valence-corrected chi connectivity index (χ1v) is 14.9. The van der Waals surface area contributed by atoms with Crippen molar-refractivity contribution < 1.29 is 35.2 Å². The summed E-state index contributed by atoms with van der Waals surface area (Å²) < 4.78 is 91.1. The lowest BCUT2D eigenvalue weighted by molar-refractivity contribution is 0.0964. The van der Waals surface area contributed by atoms with E-state index < -0.39 is 39.2 Å². The molecule has 13 heteroatoms. The average molecular weight is 623 g/mol. The van der Waals surface area contributed by atoms with Gasteiger partial charge in [-0.05, 0) is 60.2 Å². The quantitative estimate of drug-likeness (QED) is 0.216. The minimum absolute atomic E-state index is 0.0474. The third-order valence-corrected chi connectivity index (χ3v) is 8.44. The highest BCUT2D eigenvalue weighted by Crippen LogP contribution is 2.42. The summed E-state index contributed by atoms with van der Waals surface area (Å²) in [7, 11) is -1.14. The van der Waals surface area contributed by atoms with Crippen LogP contribution >= 0.6 is 0 Å². The monoisotopic (exact) mass is 622 g/mol. The Bertz CT molecular complexity index is 2210. The second-order valence-electron chi connectivity index (χ2n) is 10.1. The molecule has 0 fully saturated rings. The molecule has 4 aromatic carbocycles. The number of carbonyl (C=O) groups is 1. The number of rotatable bonds is 6. The zero-order valence-electron chi connectivity index (χ0n) is 23.3. The van der Waals surface area contributed by atoms with Gasteiger partial charge >= 0.3 is 0 Å². The molecule has 0 unspecified atom stereocenters. The van der Waals surface area contributed by atoms with Gasteiger partial charge in [-0.2, -0.15) is 0 Å². The number of sulfonamides is 1. The molecule has 0 radical (unpaired) electrons. The van der Waals surface area contributed by atoms with Crippen molar-refractivity contribution in [1.29, 1.82) is 0 Å².